The molecule has 4 heteroatoms. The Balaban J connectivity index is 1.87. The summed E-state index contributed by atoms with van der Waals surface area (Å²) in [5, 5.41) is 10.2. The molecule has 1 heterocycles. The van der Waals surface area contributed by atoms with Crippen molar-refractivity contribution in [1.82, 2.24) is 4.90 Å². The molecule has 19 heavy (non-hydrogen) atoms. The van der Waals surface area contributed by atoms with Crippen LogP contribution in [0.5, 0.6) is 0 Å². The van der Waals surface area contributed by atoms with Gasteiger partial charge in [0.15, 0.2) is 0 Å². The number of nitrogens with zero attached hydrogens (tertiary/aromatic N) is 1. The first-order valence-electron chi connectivity index (χ1n) is 6.85. The third-order valence-electron chi connectivity index (χ3n) is 3.66. The van der Waals surface area contributed by atoms with E-state index in [-0.39, 0.29) is 0 Å². The van der Waals surface area contributed by atoms with Crippen LogP contribution in [0.3, 0.4) is 0 Å². The normalized spacial score (nSPS) is 26.3. The average molecular weight is 328 g/mol. The number of rotatable bonds is 4. The van der Waals surface area contributed by atoms with Crippen LogP contribution in [0, 0.1) is 0 Å². The molecule has 1 aliphatic rings. The molecule has 1 aromatic carbocycles. The highest BCUT2D eigenvalue weighted by atomic mass is 79.9. The Labute approximate surface area is 123 Å². The van der Waals surface area contributed by atoms with Crippen LogP contribution in [-0.4, -0.2) is 41.8 Å². The van der Waals surface area contributed by atoms with Crippen molar-refractivity contribution < 1.29 is 9.84 Å². The van der Waals surface area contributed by atoms with Gasteiger partial charge >= 0.3 is 0 Å². The SMILES string of the molecule is CC1CN(CCC(O)c2cccc(Br)c2)C(C)CO1. The van der Waals surface area contributed by atoms with Crippen LogP contribution < -0.4 is 0 Å². The summed E-state index contributed by atoms with van der Waals surface area (Å²) < 4.78 is 6.63. The molecule has 0 spiro atoms. The third kappa shape index (κ3) is 4.28. The molecule has 0 bridgehead atoms. The molecule has 1 aliphatic heterocycles. The summed E-state index contributed by atoms with van der Waals surface area (Å²) in [7, 11) is 0. The van der Waals surface area contributed by atoms with Gasteiger partial charge in [0.1, 0.15) is 0 Å². The second-order valence-electron chi connectivity index (χ2n) is 5.35. The van der Waals surface area contributed by atoms with Gasteiger partial charge in [0, 0.05) is 23.6 Å². The van der Waals surface area contributed by atoms with E-state index in [0.29, 0.717) is 12.1 Å². The number of ether oxygens (including phenoxy) is 1. The van der Waals surface area contributed by atoms with Crippen molar-refractivity contribution in [1.29, 1.82) is 0 Å². The molecule has 1 saturated heterocycles. The van der Waals surface area contributed by atoms with Crippen LogP contribution in [0.15, 0.2) is 28.7 Å². The molecule has 1 fully saturated rings. The Bertz CT molecular complexity index is 413. The number of hydrogen-bond donors (Lipinski definition) is 1. The Morgan fingerprint density at radius 3 is 3.00 bits per heavy atom. The van der Waals surface area contributed by atoms with Crippen molar-refractivity contribution in [2.45, 2.75) is 38.5 Å². The maximum atomic E-state index is 10.2. The van der Waals surface area contributed by atoms with E-state index in [4.69, 9.17) is 4.74 Å². The molecule has 106 valence electrons. The van der Waals surface area contributed by atoms with Gasteiger partial charge in [-0.15, -0.1) is 0 Å². The maximum absolute atomic E-state index is 10.2. The minimum absolute atomic E-state index is 0.291. The van der Waals surface area contributed by atoms with Crippen molar-refractivity contribution in [3.8, 4) is 0 Å². The van der Waals surface area contributed by atoms with Crippen LogP contribution in [0.25, 0.3) is 0 Å². The predicted octanol–water partition coefficient (Wildman–Crippen LogP) is 2.98. The van der Waals surface area contributed by atoms with Gasteiger partial charge in [-0.3, -0.25) is 4.90 Å². The van der Waals surface area contributed by atoms with E-state index in [1.165, 1.54) is 0 Å². The van der Waals surface area contributed by atoms with Crippen LogP contribution in [0.1, 0.15) is 31.9 Å². The van der Waals surface area contributed by atoms with Gasteiger partial charge in [-0.1, -0.05) is 28.1 Å². The van der Waals surface area contributed by atoms with E-state index in [0.717, 1.165) is 36.2 Å². The second-order valence-corrected chi connectivity index (χ2v) is 6.26. The van der Waals surface area contributed by atoms with Crippen molar-refractivity contribution >= 4 is 15.9 Å². The molecule has 1 N–H and O–H groups in total. The molecule has 0 aliphatic carbocycles. The van der Waals surface area contributed by atoms with Crippen LogP contribution >= 0.6 is 15.9 Å². The molecule has 0 saturated carbocycles. The molecule has 1 aromatic rings. The summed E-state index contributed by atoms with van der Waals surface area (Å²) in [6, 6.07) is 8.33. The molecule has 0 amide bonds. The molecule has 3 nitrogen and oxygen atoms in total. The number of aliphatic hydroxyl groups is 1. The highest BCUT2D eigenvalue weighted by molar-refractivity contribution is 9.10. The summed E-state index contributed by atoms with van der Waals surface area (Å²) in [6.07, 6.45) is 0.648. The minimum Gasteiger partial charge on any atom is -0.388 e. The third-order valence-corrected chi connectivity index (χ3v) is 4.15. The lowest BCUT2D eigenvalue weighted by atomic mass is 10.1. The summed E-state index contributed by atoms with van der Waals surface area (Å²) >= 11 is 3.44. The fourth-order valence-electron chi connectivity index (χ4n) is 2.45. The van der Waals surface area contributed by atoms with Crippen molar-refractivity contribution in [3.05, 3.63) is 34.3 Å². The Hall–Kier alpha value is -0.420. The van der Waals surface area contributed by atoms with Crippen LogP contribution in [0.2, 0.25) is 0 Å². The molecule has 0 aromatic heterocycles. The molecule has 3 unspecified atom stereocenters. The molecule has 0 radical (unpaired) electrons. The Morgan fingerprint density at radius 1 is 1.47 bits per heavy atom. The van der Waals surface area contributed by atoms with Gasteiger partial charge in [0.05, 0.1) is 18.8 Å². The number of benzene rings is 1. The van der Waals surface area contributed by atoms with Gasteiger partial charge in [0.25, 0.3) is 0 Å². The highest BCUT2D eigenvalue weighted by Gasteiger charge is 2.23. The standard InChI is InChI=1S/C15H22BrNO2/c1-11-10-19-12(2)9-17(11)7-6-15(18)13-4-3-5-14(16)8-13/h3-5,8,11-12,15,18H,6-7,9-10H2,1-2H3. The Morgan fingerprint density at radius 2 is 2.26 bits per heavy atom. The lowest BCUT2D eigenvalue weighted by Gasteiger charge is -2.37. The zero-order chi connectivity index (χ0) is 13.8. The van der Waals surface area contributed by atoms with E-state index >= 15 is 0 Å². The number of halogens is 1. The summed E-state index contributed by atoms with van der Waals surface area (Å²) in [4.78, 5) is 2.40. The number of aliphatic hydroxyl groups excluding tert-OH is 1. The minimum atomic E-state index is -0.400. The monoisotopic (exact) mass is 327 g/mol. The van der Waals surface area contributed by atoms with Crippen LogP contribution in [-0.2, 0) is 4.74 Å². The first-order chi connectivity index (χ1) is 9.06. The zero-order valence-corrected chi connectivity index (χ0v) is 13.1. The van der Waals surface area contributed by atoms with Gasteiger partial charge < -0.3 is 9.84 Å². The molecule has 2 rings (SSSR count). The molecular formula is C15H22BrNO2. The average Bonchev–Trinajstić information content (AvgIpc) is 2.39. The topological polar surface area (TPSA) is 32.7 Å². The lowest BCUT2D eigenvalue weighted by molar-refractivity contribution is -0.0527. The summed E-state index contributed by atoms with van der Waals surface area (Å²) in [5.41, 5.74) is 0.975. The van der Waals surface area contributed by atoms with E-state index in [2.05, 4.69) is 34.7 Å². The predicted molar refractivity (Wildman–Crippen MR) is 80.2 cm³/mol. The maximum Gasteiger partial charge on any atom is 0.0802 e. The van der Waals surface area contributed by atoms with Gasteiger partial charge in [0.2, 0.25) is 0 Å². The fraction of sp³-hybridized carbons (Fsp3) is 0.600. The van der Waals surface area contributed by atoms with Gasteiger partial charge in [-0.25, -0.2) is 0 Å². The van der Waals surface area contributed by atoms with E-state index < -0.39 is 6.10 Å². The fourth-order valence-corrected chi connectivity index (χ4v) is 2.87. The van der Waals surface area contributed by atoms with Crippen molar-refractivity contribution in [2.75, 3.05) is 19.7 Å². The van der Waals surface area contributed by atoms with Gasteiger partial charge in [-0.05, 0) is 38.0 Å². The van der Waals surface area contributed by atoms with Crippen LogP contribution in [0.4, 0.5) is 0 Å². The summed E-state index contributed by atoms with van der Waals surface area (Å²) in [6.45, 7) is 6.92. The Kier molecular flexibility index (Phi) is 5.39. The number of hydrogen-bond acceptors (Lipinski definition) is 3. The summed E-state index contributed by atoms with van der Waals surface area (Å²) in [5.74, 6) is 0. The van der Waals surface area contributed by atoms with Gasteiger partial charge in [-0.2, -0.15) is 0 Å². The zero-order valence-electron chi connectivity index (χ0n) is 11.6. The highest BCUT2D eigenvalue weighted by Crippen LogP contribution is 2.22. The first kappa shape index (κ1) is 15.0. The largest absolute Gasteiger partial charge is 0.388 e. The van der Waals surface area contributed by atoms with E-state index in [1.807, 2.05) is 24.3 Å². The van der Waals surface area contributed by atoms with E-state index in [9.17, 15) is 5.11 Å². The second kappa shape index (κ2) is 6.84. The lowest BCUT2D eigenvalue weighted by Crippen LogP contribution is -2.47. The number of morpholine rings is 1. The molecule has 3 atom stereocenters. The van der Waals surface area contributed by atoms with E-state index in [1.54, 1.807) is 0 Å². The first-order valence-corrected chi connectivity index (χ1v) is 7.64. The van der Waals surface area contributed by atoms with Crippen molar-refractivity contribution in [3.63, 3.8) is 0 Å². The smallest absolute Gasteiger partial charge is 0.0802 e. The quantitative estimate of drug-likeness (QED) is 0.922. The molecular weight excluding hydrogens is 306 g/mol. The van der Waals surface area contributed by atoms with Crippen molar-refractivity contribution in [2.24, 2.45) is 0 Å².